The lowest BCUT2D eigenvalue weighted by Gasteiger charge is -2.39. The van der Waals surface area contributed by atoms with Crippen molar-refractivity contribution in [3.8, 4) is 0 Å². The molecule has 0 unspecified atom stereocenters. The summed E-state index contributed by atoms with van der Waals surface area (Å²) < 4.78 is 0.869. The van der Waals surface area contributed by atoms with Gasteiger partial charge in [-0.3, -0.25) is 14.4 Å². The summed E-state index contributed by atoms with van der Waals surface area (Å²) in [5, 5.41) is 27.1. The molecule has 0 aromatic carbocycles. The van der Waals surface area contributed by atoms with E-state index >= 15 is 0 Å². The van der Waals surface area contributed by atoms with Crippen LogP contribution < -0.4 is 0 Å². The second-order valence-corrected chi connectivity index (χ2v) is 12.2. The van der Waals surface area contributed by atoms with Gasteiger partial charge in [-0.05, 0) is 64.2 Å². The van der Waals surface area contributed by atoms with Crippen LogP contribution in [-0.4, -0.2) is 63.9 Å². The molecule has 0 atom stereocenters. The zero-order valence-corrected chi connectivity index (χ0v) is 26.3. The van der Waals surface area contributed by atoms with Crippen molar-refractivity contribution in [2.45, 2.75) is 161 Å². The van der Waals surface area contributed by atoms with Gasteiger partial charge in [0, 0.05) is 19.3 Å². The van der Waals surface area contributed by atoms with Crippen LogP contribution in [0.2, 0.25) is 0 Å². The lowest BCUT2D eigenvalue weighted by Crippen LogP contribution is -2.51. The first kappa shape index (κ1) is 39.1. The van der Waals surface area contributed by atoms with E-state index in [4.69, 9.17) is 15.3 Å². The molecule has 0 saturated heterocycles. The maximum atomic E-state index is 11.0. The van der Waals surface area contributed by atoms with E-state index < -0.39 is 17.9 Å². The minimum atomic E-state index is -0.767. The van der Waals surface area contributed by atoms with Crippen LogP contribution in [0.25, 0.3) is 0 Å². The molecule has 3 N–H and O–H groups in total. The number of hydrogen-bond acceptors (Lipinski definition) is 3. The minimum absolute atomic E-state index is 0.175. The SMILES string of the molecule is C=CCCCCCCCCCCCCCCCCC[N+](CCCCC(=O)O)(CCCCC(=O)O)CCCCC(=O)O. The summed E-state index contributed by atoms with van der Waals surface area (Å²) in [6.45, 7) is 7.47. The highest BCUT2D eigenvalue weighted by Crippen LogP contribution is 2.20. The Morgan fingerprint density at radius 3 is 0.927 bits per heavy atom. The maximum Gasteiger partial charge on any atom is 0.303 e. The molecule has 41 heavy (non-hydrogen) atoms. The molecule has 0 radical (unpaired) electrons. The fourth-order valence-corrected chi connectivity index (χ4v) is 5.88. The van der Waals surface area contributed by atoms with Gasteiger partial charge in [-0.15, -0.1) is 6.58 Å². The van der Waals surface area contributed by atoms with Crippen molar-refractivity contribution >= 4 is 17.9 Å². The highest BCUT2D eigenvalue weighted by Gasteiger charge is 2.26. The van der Waals surface area contributed by atoms with Crippen molar-refractivity contribution in [3.63, 3.8) is 0 Å². The van der Waals surface area contributed by atoms with E-state index in [1.165, 1.54) is 89.9 Å². The van der Waals surface area contributed by atoms with Crippen molar-refractivity contribution in [2.24, 2.45) is 0 Å². The number of unbranched alkanes of at least 4 members (excludes halogenated alkanes) is 18. The van der Waals surface area contributed by atoms with E-state index in [0.29, 0.717) is 19.3 Å². The number of quaternary nitrogens is 1. The molecule has 0 heterocycles. The van der Waals surface area contributed by atoms with Crippen LogP contribution in [0.5, 0.6) is 0 Å². The van der Waals surface area contributed by atoms with Gasteiger partial charge in [0.15, 0.2) is 0 Å². The largest absolute Gasteiger partial charge is 0.481 e. The molecular weight excluding hydrogens is 518 g/mol. The van der Waals surface area contributed by atoms with Gasteiger partial charge in [0.2, 0.25) is 0 Å². The quantitative estimate of drug-likeness (QED) is 0.0404. The van der Waals surface area contributed by atoms with Crippen molar-refractivity contribution in [3.05, 3.63) is 12.7 Å². The van der Waals surface area contributed by atoms with E-state index in [1.807, 2.05) is 6.08 Å². The fraction of sp³-hybridized carbons (Fsp3) is 0.853. The minimum Gasteiger partial charge on any atom is -0.481 e. The summed E-state index contributed by atoms with van der Waals surface area (Å²) in [5.41, 5.74) is 0. The molecule has 0 aliphatic carbocycles. The van der Waals surface area contributed by atoms with Crippen LogP contribution in [0.1, 0.15) is 161 Å². The van der Waals surface area contributed by atoms with E-state index in [2.05, 4.69) is 6.58 Å². The van der Waals surface area contributed by atoms with Crippen LogP contribution in [0.15, 0.2) is 12.7 Å². The van der Waals surface area contributed by atoms with Crippen molar-refractivity contribution < 1.29 is 34.2 Å². The Bertz CT molecular complexity index is 611. The fourth-order valence-electron chi connectivity index (χ4n) is 5.88. The van der Waals surface area contributed by atoms with Crippen LogP contribution in [0, 0.1) is 0 Å². The number of carbonyl (C=O) groups is 3. The monoisotopic (exact) mass is 582 g/mol. The summed E-state index contributed by atoms with van der Waals surface area (Å²) in [7, 11) is 0. The molecule has 0 bridgehead atoms. The summed E-state index contributed by atoms with van der Waals surface area (Å²) in [5.74, 6) is -2.30. The highest BCUT2D eigenvalue weighted by molar-refractivity contribution is 5.67. The molecule has 0 aromatic heterocycles. The molecule has 0 amide bonds. The van der Waals surface area contributed by atoms with E-state index in [9.17, 15) is 14.4 Å². The van der Waals surface area contributed by atoms with Gasteiger partial charge in [-0.25, -0.2) is 0 Å². The molecule has 0 aromatic rings. The molecule has 0 saturated carbocycles. The summed E-state index contributed by atoms with van der Waals surface area (Å²) in [4.78, 5) is 33.0. The van der Waals surface area contributed by atoms with Crippen molar-refractivity contribution in [2.75, 3.05) is 26.2 Å². The predicted octanol–water partition coefficient (Wildman–Crippen LogP) is 9.00. The molecular formula is C34H64NO6+. The number of aliphatic carboxylic acids is 3. The van der Waals surface area contributed by atoms with Gasteiger partial charge in [-0.1, -0.05) is 83.1 Å². The van der Waals surface area contributed by atoms with Crippen LogP contribution in [-0.2, 0) is 14.4 Å². The van der Waals surface area contributed by atoms with Gasteiger partial charge >= 0.3 is 17.9 Å². The summed E-state index contributed by atoms with van der Waals surface area (Å²) in [6.07, 6.45) is 27.8. The van der Waals surface area contributed by atoms with E-state index in [-0.39, 0.29) is 19.3 Å². The lowest BCUT2D eigenvalue weighted by molar-refractivity contribution is -0.929. The van der Waals surface area contributed by atoms with E-state index in [0.717, 1.165) is 62.8 Å². The molecule has 0 aliphatic heterocycles. The maximum absolute atomic E-state index is 11.0. The third-order valence-electron chi connectivity index (χ3n) is 8.36. The average molecular weight is 583 g/mol. The lowest BCUT2D eigenvalue weighted by atomic mass is 10.0. The second-order valence-electron chi connectivity index (χ2n) is 12.2. The van der Waals surface area contributed by atoms with Crippen molar-refractivity contribution in [1.82, 2.24) is 0 Å². The topological polar surface area (TPSA) is 112 Å². The summed E-state index contributed by atoms with van der Waals surface area (Å²) >= 11 is 0. The molecule has 0 aliphatic rings. The van der Waals surface area contributed by atoms with Crippen LogP contribution in [0.4, 0.5) is 0 Å². The third-order valence-corrected chi connectivity index (χ3v) is 8.36. The predicted molar refractivity (Wildman–Crippen MR) is 168 cm³/mol. The van der Waals surface area contributed by atoms with Crippen LogP contribution >= 0.6 is 0 Å². The molecule has 240 valence electrons. The molecule has 0 spiro atoms. The summed E-state index contributed by atoms with van der Waals surface area (Å²) in [6, 6.07) is 0. The molecule has 7 heteroatoms. The number of allylic oxidation sites excluding steroid dienone is 1. The highest BCUT2D eigenvalue weighted by atomic mass is 16.4. The average Bonchev–Trinajstić information content (AvgIpc) is 2.93. The molecule has 0 fully saturated rings. The first-order valence-electron chi connectivity index (χ1n) is 16.9. The Kier molecular flexibility index (Phi) is 26.9. The van der Waals surface area contributed by atoms with Gasteiger partial charge in [-0.2, -0.15) is 0 Å². The Morgan fingerprint density at radius 1 is 0.415 bits per heavy atom. The molecule has 0 rings (SSSR count). The standard InChI is InChI=1S/C34H63NO6/c1-2-3-4-5-6-7-8-9-10-11-12-13-14-15-16-17-21-28-35(29-22-18-25-32(36)37,30-23-19-26-33(38)39)31-24-20-27-34(40)41/h2H,1,3-31H2,(H2-,36,37,38,39,40,41)/p+1. The molecule has 7 nitrogen and oxygen atoms in total. The second kappa shape index (κ2) is 28.2. The number of carboxylic acids is 3. The number of hydrogen-bond donors (Lipinski definition) is 3. The third kappa shape index (κ3) is 28.0. The van der Waals surface area contributed by atoms with Crippen LogP contribution in [0.3, 0.4) is 0 Å². The smallest absolute Gasteiger partial charge is 0.303 e. The first-order valence-corrected chi connectivity index (χ1v) is 16.9. The number of rotatable bonds is 33. The normalized spacial score (nSPS) is 11.5. The number of nitrogens with zero attached hydrogens (tertiary/aromatic N) is 1. The van der Waals surface area contributed by atoms with Crippen molar-refractivity contribution in [1.29, 1.82) is 0 Å². The Balaban J connectivity index is 4.34. The Hall–Kier alpha value is -1.89. The van der Waals surface area contributed by atoms with Gasteiger partial charge in [0.1, 0.15) is 0 Å². The number of carboxylic acid groups (broad SMARTS) is 3. The Morgan fingerprint density at radius 2 is 0.659 bits per heavy atom. The first-order chi connectivity index (χ1) is 19.8. The van der Waals surface area contributed by atoms with Gasteiger partial charge in [0.25, 0.3) is 0 Å². The van der Waals surface area contributed by atoms with Gasteiger partial charge in [0.05, 0.1) is 26.2 Å². The van der Waals surface area contributed by atoms with E-state index in [1.54, 1.807) is 0 Å². The zero-order chi connectivity index (χ0) is 30.4. The zero-order valence-electron chi connectivity index (χ0n) is 26.3. The Labute approximate surface area is 251 Å². The van der Waals surface area contributed by atoms with Gasteiger partial charge < -0.3 is 19.8 Å².